The molecule has 2 rings (SSSR count). The summed E-state index contributed by atoms with van der Waals surface area (Å²) in [4.78, 5) is 0. The molecular formula is C14H17N. The van der Waals surface area contributed by atoms with Gasteiger partial charge in [0.2, 0.25) is 0 Å². The number of para-hydroxylation sites is 1. The molecule has 1 heteroatoms. The summed E-state index contributed by atoms with van der Waals surface area (Å²) in [5, 5.41) is 3.55. The fraction of sp³-hybridized carbons (Fsp3) is 0.286. The summed E-state index contributed by atoms with van der Waals surface area (Å²) in [5.41, 5.74) is 2.69. The Morgan fingerprint density at radius 2 is 1.87 bits per heavy atom. The van der Waals surface area contributed by atoms with Crippen LogP contribution in [0.3, 0.4) is 0 Å². The lowest BCUT2D eigenvalue weighted by molar-refractivity contribution is 0.605. The molecule has 0 aliphatic carbocycles. The van der Waals surface area contributed by atoms with Crippen molar-refractivity contribution in [2.45, 2.75) is 24.8 Å². The molecule has 0 spiro atoms. The number of allylic oxidation sites excluding steroid dienone is 1. The van der Waals surface area contributed by atoms with Crippen LogP contribution in [-0.4, -0.2) is 6.04 Å². The molecular weight excluding hydrogens is 182 g/mol. The van der Waals surface area contributed by atoms with Crippen molar-refractivity contribution in [2.24, 2.45) is 0 Å². The average molecular weight is 199 g/mol. The van der Waals surface area contributed by atoms with Crippen LogP contribution in [0.5, 0.6) is 0 Å². The molecule has 1 aliphatic heterocycles. The number of hydrogen-bond acceptors (Lipinski definition) is 1. The molecule has 1 N–H and O–H groups in total. The SMILES string of the molecule is C=CC[C@@H]1Nc2ccccc2[C@@H]1CC=C. The summed E-state index contributed by atoms with van der Waals surface area (Å²) in [7, 11) is 0. The summed E-state index contributed by atoms with van der Waals surface area (Å²) in [6.45, 7) is 7.65. The zero-order valence-corrected chi connectivity index (χ0v) is 8.95. The van der Waals surface area contributed by atoms with Crippen molar-refractivity contribution in [2.75, 3.05) is 5.32 Å². The van der Waals surface area contributed by atoms with E-state index in [-0.39, 0.29) is 0 Å². The van der Waals surface area contributed by atoms with Gasteiger partial charge in [-0.1, -0.05) is 30.4 Å². The van der Waals surface area contributed by atoms with E-state index < -0.39 is 0 Å². The van der Waals surface area contributed by atoms with E-state index in [1.54, 1.807) is 0 Å². The Bertz CT molecular complexity index is 367. The van der Waals surface area contributed by atoms with Crippen molar-refractivity contribution in [1.29, 1.82) is 0 Å². The van der Waals surface area contributed by atoms with Crippen LogP contribution in [0.25, 0.3) is 0 Å². The molecule has 1 aromatic rings. The third kappa shape index (κ3) is 1.82. The lowest BCUT2D eigenvalue weighted by Crippen LogP contribution is -2.19. The number of anilines is 1. The maximum absolute atomic E-state index is 3.84. The van der Waals surface area contributed by atoms with Crippen LogP contribution in [0.4, 0.5) is 5.69 Å². The first kappa shape index (κ1) is 10.0. The number of rotatable bonds is 4. The standard InChI is InChI=1S/C14H17N/c1-3-7-11-12-9-5-6-10-14(12)15-13(11)8-4-2/h3-6,9-11,13,15H,1-2,7-8H2/t11-,13-/m0/s1. The van der Waals surface area contributed by atoms with Crippen LogP contribution in [0.2, 0.25) is 0 Å². The molecule has 0 amide bonds. The highest BCUT2D eigenvalue weighted by atomic mass is 15.0. The highest BCUT2D eigenvalue weighted by molar-refractivity contribution is 5.59. The molecule has 78 valence electrons. The Balaban J connectivity index is 2.28. The fourth-order valence-corrected chi connectivity index (χ4v) is 2.34. The summed E-state index contributed by atoms with van der Waals surface area (Å²) >= 11 is 0. The minimum atomic E-state index is 0.484. The van der Waals surface area contributed by atoms with Crippen LogP contribution in [-0.2, 0) is 0 Å². The van der Waals surface area contributed by atoms with Crippen molar-refractivity contribution in [3.05, 3.63) is 55.1 Å². The summed E-state index contributed by atoms with van der Waals surface area (Å²) in [5.74, 6) is 0.552. The van der Waals surface area contributed by atoms with Crippen LogP contribution in [0.1, 0.15) is 24.3 Å². The molecule has 2 atom stereocenters. The van der Waals surface area contributed by atoms with Gasteiger partial charge in [-0.2, -0.15) is 0 Å². The lowest BCUT2D eigenvalue weighted by Gasteiger charge is -2.17. The molecule has 1 heterocycles. The smallest absolute Gasteiger partial charge is 0.0378 e. The fourth-order valence-electron chi connectivity index (χ4n) is 2.34. The molecule has 1 aliphatic rings. The van der Waals surface area contributed by atoms with Gasteiger partial charge in [0, 0.05) is 17.6 Å². The number of fused-ring (bicyclic) bond motifs is 1. The van der Waals surface area contributed by atoms with Gasteiger partial charge in [0.15, 0.2) is 0 Å². The van der Waals surface area contributed by atoms with E-state index in [2.05, 4.69) is 42.7 Å². The van der Waals surface area contributed by atoms with Gasteiger partial charge in [0.05, 0.1) is 0 Å². The highest BCUT2D eigenvalue weighted by Crippen LogP contribution is 2.39. The molecule has 0 unspecified atom stereocenters. The molecule has 0 radical (unpaired) electrons. The van der Waals surface area contributed by atoms with Gasteiger partial charge >= 0.3 is 0 Å². The van der Waals surface area contributed by atoms with Crippen molar-refractivity contribution < 1.29 is 0 Å². The molecule has 1 aromatic carbocycles. The van der Waals surface area contributed by atoms with Gasteiger partial charge in [0.25, 0.3) is 0 Å². The van der Waals surface area contributed by atoms with Crippen LogP contribution < -0.4 is 5.32 Å². The van der Waals surface area contributed by atoms with Crippen molar-refractivity contribution >= 4 is 5.69 Å². The molecule has 0 saturated heterocycles. The Morgan fingerprint density at radius 3 is 2.60 bits per heavy atom. The van der Waals surface area contributed by atoms with Crippen LogP contribution in [0.15, 0.2) is 49.6 Å². The van der Waals surface area contributed by atoms with Crippen molar-refractivity contribution in [1.82, 2.24) is 0 Å². The normalized spacial score (nSPS) is 22.9. The summed E-state index contributed by atoms with van der Waals surface area (Å²) in [6.07, 6.45) is 6.03. The van der Waals surface area contributed by atoms with E-state index in [0.717, 1.165) is 12.8 Å². The van der Waals surface area contributed by atoms with E-state index in [4.69, 9.17) is 0 Å². The Hall–Kier alpha value is -1.50. The van der Waals surface area contributed by atoms with Gasteiger partial charge in [-0.3, -0.25) is 0 Å². The first-order valence-corrected chi connectivity index (χ1v) is 5.44. The predicted molar refractivity (Wildman–Crippen MR) is 66.2 cm³/mol. The first-order chi connectivity index (χ1) is 7.36. The third-order valence-electron chi connectivity index (χ3n) is 3.03. The second kappa shape index (κ2) is 4.35. The molecule has 0 fully saturated rings. The lowest BCUT2D eigenvalue weighted by atomic mass is 9.90. The Labute approximate surface area is 91.5 Å². The van der Waals surface area contributed by atoms with Gasteiger partial charge in [-0.15, -0.1) is 13.2 Å². The monoisotopic (exact) mass is 199 g/mol. The molecule has 15 heavy (non-hydrogen) atoms. The largest absolute Gasteiger partial charge is 0.381 e. The van der Waals surface area contributed by atoms with E-state index in [1.165, 1.54) is 11.3 Å². The minimum Gasteiger partial charge on any atom is -0.381 e. The van der Waals surface area contributed by atoms with E-state index >= 15 is 0 Å². The van der Waals surface area contributed by atoms with Gasteiger partial charge in [-0.05, 0) is 24.5 Å². The zero-order chi connectivity index (χ0) is 10.7. The maximum Gasteiger partial charge on any atom is 0.0378 e. The number of hydrogen-bond donors (Lipinski definition) is 1. The molecule has 0 saturated carbocycles. The Kier molecular flexibility index (Phi) is 2.91. The zero-order valence-electron chi connectivity index (χ0n) is 8.95. The average Bonchev–Trinajstić information content (AvgIpc) is 2.59. The topological polar surface area (TPSA) is 12.0 Å². The maximum atomic E-state index is 3.84. The van der Waals surface area contributed by atoms with E-state index in [1.807, 2.05) is 12.2 Å². The first-order valence-electron chi connectivity index (χ1n) is 5.44. The molecule has 1 nitrogen and oxygen atoms in total. The summed E-state index contributed by atoms with van der Waals surface area (Å²) in [6, 6.07) is 9.02. The van der Waals surface area contributed by atoms with Crippen LogP contribution in [0, 0.1) is 0 Å². The van der Waals surface area contributed by atoms with Crippen molar-refractivity contribution in [3.63, 3.8) is 0 Å². The number of nitrogens with one attached hydrogen (secondary N) is 1. The highest BCUT2D eigenvalue weighted by Gasteiger charge is 2.29. The third-order valence-corrected chi connectivity index (χ3v) is 3.03. The van der Waals surface area contributed by atoms with E-state index in [9.17, 15) is 0 Å². The minimum absolute atomic E-state index is 0.484. The second-order valence-corrected chi connectivity index (χ2v) is 3.99. The van der Waals surface area contributed by atoms with Crippen molar-refractivity contribution in [3.8, 4) is 0 Å². The van der Waals surface area contributed by atoms with Gasteiger partial charge in [0.1, 0.15) is 0 Å². The second-order valence-electron chi connectivity index (χ2n) is 3.99. The molecule has 0 bridgehead atoms. The number of benzene rings is 1. The van der Waals surface area contributed by atoms with E-state index in [0.29, 0.717) is 12.0 Å². The van der Waals surface area contributed by atoms with Gasteiger partial charge < -0.3 is 5.32 Å². The van der Waals surface area contributed by atoms with Gasteiger partial charge in [-0.25, -0.2) is 0 Å². The Morgan fingerprint density at radius 1 is 1.13 bits per heavy atom. The quantitative estimate of drug-likeness (QED) is 0.729. The summed E-state index contributed by atoms with van der Waals surface area (Å²) < 4.78 is 0. The molecule has 0 aromatic heterocycles. The predicted octanol–water partition coefficient (Wildman–Crippen LogP) is 3.72. The van der Waals surface area contributed by atoms with Crippen LogP contribution >= 0.6 is 0 Å².